The summed E-state index contributed by atoms with van der Waals surface area (Å²) in [7, 11) is 3.61. The number of carbonyl (C=O) groups excluding carboxylic acids is 1. The average molecular weight is 313 g/mol. The number of Topliss-reactive ketones (excluding diaryl/α,β-unsaturated/α-hetero) is 1. The zero-order valence-electron chi connectivity index (χ0n) is 10.6. The summed E-state index contributed by atoms with van der Waals surface area (Å²) in [6.07, 6.45) is 1.98. The van der Waals surface area contributed by atoms with Crippen LogP contribution in [0.5, 0.6) is 5.75 Å². The first-order valence-corrected chi connectivity index (χ1v) is 5.65. The second kappa shape index (κ2) is 6.54. The van der Waals surface area contributed by atoms with Crippen molar-refractivity contribution in [2.24, 2.45) is 0 Å². The van der Waals surface area contributed by atoms with E-state index in [9.17, 15) is 4.79 Å². The van der Waals surface area contributed by atoms with Crippen LogP contribution in [0.15, 0.2) is 24.3 Å². The van der Waals surface area contributed by atoms with Gasteiger partial charge in [0.25, 0.3) is 0 Å². The maximum atomic E-state index is 12.0. The normalized spacial score (nSPS) is 13.9. The first-order valence-electron chi connectivity index (χ1n) is 5.65. The zero-order chi connectivity index (χ0) is 12.3. The lowest BCUT2D eigenvalue weighted by Crippen LogP contribution is -3.00. The largest absolute Gasteiger partial charge is 1.00 e. The minimum Gasteiger partial charge on any atom is -1.00 e. The lowest BCUT2D eigenvalue weighted by Gasteiger charge is -2.07. The van der Waals surface area contributed by atoms with Gasteiger partial charge in [-0.2, -0.15) is 0 Å². The molecule has 1 heterocycles. The number of methoxy groups -OCH3 is 1. The fraction of sp³-hybridized carbons (Fsp3) is 0.385. The maximum Gasteiger partial charge on any atom is 0.234 e. The van der Waals surface area contributed by atoms with Crippen molar-refractivity contribution >= 4 is 12.1 Å². The average Bonchev–Trinajstić information content (AvgIpc) is 2.75. The van der Waals surface area contributed by atoms with Crippen molar-refractivity contribution in [3.8, 4) is 5.75 Å². The molecule has 98 valence electrons. The molecule has 0 atom stereocenters. The minimum atomic E-state index is 0. The van der Waals surface area contributed by atoms with Gasteiger partial charge in [0.1, 0.15) is 25.4 Å². The molecular formula is C13H17BrN2O2. The number of benzene rings is 1. The highest BCUT2D eigenvalue weighted by Crippen LogP contribution is 2.13. The van der Waals surface area contributed by atoms with Crippen LogP contribution in [0, 0.1) is 0 Å². The van der Waals surface area contributed by atoms with Crippen molar-refractivity contribution in [1.82, 2.24) is 4.90 Å². The van der Waals surface area contributed by atoms with E-state index >= 15 is 0 Å². The first kappa shape index (κ1) is 14.7. The Morgan fingerprint density at radius 3 is 2.89 bits per heavy atom. The number of likely N-dealkylation sites (N-methyl/N-ethyl adjacent to an activating group) is 1. The second-order valence-electron chi connectivity index (χ2n) is 4.22. The fourth-order valence-electron chi connectivity index (χ4n) is 1.87. The van der Waals surface area contributed by atoms with Gasteiger partial charge in [0.15, 0.2) is 0 Å². The van der Waals surface area contributed by atoms with E-state index in [-0.39, 0.29) is 22.8 Å². The van der Waals surface area contributed by atoms with E-state index < -0.39 is 0 Å². The molecule has 0 bridgehead atoms. The predicted molar refractivity (Wildman–Crippen MR) is 66.0 cm³/mol. The van der Waals surface area contributed by atoms with Crippen LogP contribution in [-0.2, 0) is 0 Å². The third-order valence-electron chi connectivity index (χ3n) is 2.84. The van der Waals surface area contributed by atoms with Gasteiger partial charge in [-0.1, -0.05) is 12.1 Å². The van der Waals surface area contributed by atoms with Gasteiger partial charge < -0.3 is 21.7 Å². The molecule has 0 fully saturated rings. The zero-order valence-corrected chi connectivity index (χ0v) is 12.2. The molecule has 0 unspecified atom stereocenters. The summed E-state index contributed by atoms with van der Waals surface area (Å²) >= 11 is 0. The molecule has 18 heavy (non-hydrogen) atoms. The Bertz CT molecular complexity index is 460. The Morgan fingerprint density at radius 1 is 1.50 bits per heavy atom. The SMILES string of the molecule is COc1cccc(C(=O)CN2C=[N+](C)CC2)c1.[Br-]. The Balaban J connectivity index is 0.00000162. The van der Waals surface area contributed by atoms with Crippen molar-refractivity contribution in [3.63, 3.8) is 0 Å². The smallest absolute Gasteiger partial charge is 0.234 e. The van der Waals surface area contributed by atoms with Crippen LogP contribution in [0.25, 0.3) is 0 Å². The molecule has 0 spiro atoms. The van der Waals surface area contributed by atoms with Gasteiger partial charge in [-0.3, -0.25) is 14.3 Å². The predicted octanol–water partition coefficient (Wildman–Crippen LogP) is -2.13. The fourth-order valence-corrected chi connectivity index (χ4v) is 1.87. The van der Waals surface area contributed by atoms with Crippen LogP contribution in [0.4, 0.5) is 0 Å². The lowest BCUT2D eigenvalue weighted by atomic mass is 10.1. The molecule has 1 aliphatic rings. The number of ether oxygens (including phenoxy) is 1. The molecule has 0 saturated heterocycles. The molecular weight excluding hydrogens is 296 g/mol. The summed E-state index contributed by atoms with van der Waals surface area (Å²) in [5.41, 5.74) is 0.701. The van der Waals surface area contributed by atoms with Crippen LogP contribution in [0.2, 0.25) is 0 Å². The molecule has 1 aromatic rings. The van der Waals surface area contributed by atoms with Crippen molar-refractivity contribution in [3.05, 3.63) is 29.8 Å². The molecule has 1 aliphatic heterocycles. The summed E-state index contributed by atoms with van der Waals surface area (Å²) in [4.78, 5) is 14.1. The van der Waals surface area contributed by atoms with Crippen molar-refractivity contribution in [2.75, 3.05) is 33.8 Å². The molecule has 0 radical (unpaired) electrons. The third-order valence-corrected chi connectivity index (χ3v) is 2.84. The topological polar surface area (TPSA) is 32.5 Å². The number of nitrogens with zero attached hydrogens (tertiary/aromatic N) is 2. The molecule has 4 nitrogen and oxygen atoms in total. The highest BCUT2D eigenvalue weighted by atomic mass is 79.9. The van der Waals surface area contributed by atoms with E-state index in [2.05, 4.69) is 4.58 Å². The van der Waals surface area contributed by atoms with Gasteiger partial charge in [0.2, 0.25) is 12.1 Å². The summed E-state index contributed by atoms with van der Waals surface area (Å²) in [5, 5.41) is 0. The number of rotatable bonds is 4. The molecule has 0 amide bonds. The van der Waals surface area contributed by atoms with Crippen LogP contribution in [-0.4, -0.2) is 55.4 Å². The summed E-state index contributed by atoms with van der Waals surface area (Å²) in [6.45, 7) is 2.31. The molecule has 0 N–H and O–H groups in total. The first-order chi connectivity index (χ1) is 8.19. The molecule has 1 aromatic carbocycles. The summed E-state index contributed by atoms with van der Waals surface area (Å²) in [6, 6.07) is 7.28. The van der Waals surface area contributed by atoms with Crippen LogP contribution in [0.3, 0.4) is 0 Å². The Hall–Kier alpha value is -1.36. The highest BCUT2D eigenvalue weighted by Gasteiger charge is 2.20. The number of carbonyl (C=O) groups is 1. The van der Waals surface area contributed by atoms with Gasteiger partial charge in [-0.25, -0.2) is 0 Å². The van der Waals surface area contributed by atoms with Crippen molar-refractivity contribution < 1.29 is 31.1 Å². The molecule has 0 saturated carbocycles. The quantitative estimate of drug-likeness (QED) is 0.470. The van der Waals surface area contributed by atoms with Crippen molar-refractivity contribution in [1.29, 1.82) is 0 Å². The van der Waals surface area contributed by atoms with Crippen LogP contribution >= 0.6 is 0 Å². The highest BCUT2D eigenvalue weighted by molar-refractivity contribution is 5.98. The van der Waals surface area contributed by atoms with E-state index in [1.54, 1.807) is 13.2 Å². The van der Waals surface area contributed by atoms with E-state index in [4.69, 9.17) is 4.74 Å². The Labute approximate surface area is 118 Å². The van der Waals surface area contributed by atoms with E-state index in [0.29, 0.717) is 12.1 Å². The maximum absolute atomic E-state index is 12.0. The van der Waals surface area contributed by atoms with E-state index in [1.165, 1.54) is 0 Å². The molecule has 0 aliphatic carbocycles. The lowest BCUT2D eigenvalue weighted by molar-refractivity contribution is -0.482. The summed E-state index contributed by atoms with van der Waals surface area (Å²) in [5.74, 6) is 0.841. The molecule has 5 heteroatoms. The summed E-state index contributed by atoms with van der Waals surface area (Å²) < 4.78 is 7.19. The third kappa shape index (κ3) is 3.57. The number of hydrogen-bond donors (Lipinski definition) is 0. The van der Waals surface area contributed by atoms with Crippen molar-refractivity contribution in [2.45, 2.75) is 0 Å². The minimum absolute atomic E-state index is 0. The molecule has 2 rings (SSSR count). The van der Waals surface area contributed by atoms with Crippen LogP contribution in [0.1, 0.15) is 10.4 Å². The van der Waals surface area contributed by atoms with Gasteiger partial charge >= 0.3 is 0 Å². The van der Waals surface area contributed by atoms with Gasteiger partial charge in [0.05, 0.1) is 14.2 Å². The Kier molecular flexibility index (Phi) is 5.34. The van der Waals surface area contributed by atoms with Gasteiger partial charge in [-0.05, 0) is 12.1 Å². The number of hydrogen-bond acceptors (Lipinski definition) is 3. The monoisotopic (exact) mass is 312 g/mol. The van der Waals surface area contributed by atoms with Gasteiger partial charge in [0, 0.05) is 5.56 Å². The van der Waals surface area contributed by atoms with E-state index in [1.807, 2.05) is 36.5 Å². The standard InChI is InChI=1S/C13H17N2O2.BrH/c1-14-6-7-15(10-14)9-13(16)11-4-3-5-12(8-11)17-2;/h3-5,8,10H,6-7,9H2,1-2H3;1H/q+1;/p-1. The van der Waals surface area contributed by atoms with Gasteiger partial charge in [-0.15, -0.1) is 0 Å². The molecule has 0 aromatic heterocycles. The Morgan fingerprint density at radius 2 is 2.28 bits per heavy atom. The van der Waals surface area contributed by atoms with Crippen LogP contribution < -0.4 is 21.7 Å². The van der Waals surface area contributed by atoms with E-state index in [0.717, 1.165) is 18.8 Å². The second-order valence-corrected chi connectivity index (χ2v) is 4.22. The number of ketones is 1. The number of halogens is 1.